The third-order valence-electron chi connectivity index (χ3n) is 2.47. The van der Waals surface area contributed by atoms with Crippen LogP contribution in [0.4, 0.5) is 5.69 Å². The predicted octanol–water partition coefficient (Wildman–Crippen LogP) is 3.01. The van der Waals surface area contributed by atoms with Crippen molar-refractivity contribution in [2.45, 2.75) is 18.2 Å². The van der Waals surface area contributed by atoms with Gasteiger partial charge in [0.25, 0.3) is 11.6 Å². The molecule has 0 spiro atoms. The molecule has 0 atom stereocenters. The van der Waals surface area contributed by atoms with E-state index in [1.807, 2.05) is 19.1 Å². The summed E-state index contributed by atoms with van der Waals surface area (Å²) < 4.78 is 0. The molecular weight excluding hydrogens is 264 g/mol. The highest BCUT2D eigenvalue weighted by Crippen LogP contribution is 2.28. The van der Waals surface area contributed by atoms with Crippen LogP contribution in [0.1, 0.15) is 23.7 Å². The Bertz CT molecular complexity index is 501. The topological polar surface area (TPSA) is 72.2 Å². The van der Waals surface area contributed by atoms with Crippen LogP contribution in [-0.2, 0) is 0 Å². The molecule has 0 aliphatic carbocycles. The minimum Gasteiger partial charge on any atom is -0.352 e. The summed E-state index contributed by atoms with van der Waals surface area (Å²) in [5.74, 6) is -0.291. The summed E-state index contributed by atoms with van der Waals surface area (Å²) in [6.45, 7) is 2.42. The number of nitrogens with one attached hydrogen (secondary N) is 1. The van der Waals surface area contributed by atoms with Gasteiger partial charge in [-0.1, -0.05) is 12.2 Å². The molecule has 0 aromatic heterocycles. The molecule has 0 saturated heterocycles. The SMILES string of the molecule is C/C=C/CCNC(=O)c1ccc(SC)c([N+](=O)[O-])c1. The molecule has 1 rings (SSSR count). The van der Waals surface area contributed by atoms with Crippen LogP contribution in [0.2, 0.25) is 0 Å². The van der Waals surface area contributed by atoms with Gasteiger partial charge in [0, 0.05) is 18.2 Å². The molecule has 0 heterocycles. The first-order valence-corrected chi connectivity index (χ1v) is 7.04. The molecule has 1 aromatic rings. The lowest BCUT2D eigenvalue weighted by molar-refractivity contribution is -0.387. The Morgan fingerprint density at radius 3 is 2.84 bits per heavy atom. The van der Waals surface area contributed by atoms with E-state index in [1.165, 1.54) is 17.8 Å². The van der Waals surface area contributed by atoms with Crippen LogP contribution in [-0.4, -0.2) is 23.6 Å². The van der Waals surface area contributed by atoms with E-state index in [2.05, 4.69) is 5.32 Å². The van der Waals surface area contributed by atoms with E-state index in [-0.39, 0.29) is 11.6 Å². The molecule has 0 saturated carbocycles. The average molecular weight is 280 g/mol. The molecule has 0 radical (unpaired) electrons. The maximum absolute atomic E-state index is 11.8. The van der Waals surface area contributed by atoms with E-state index in [4.69, 9.17) is 0 Å². The van der Waals surface area contributed by atoms with E-state index in [0.717, 1.165) is 6.42 Å². The molecule has 1 amide bonds. The highest BCUT2D eigenvalue weighted by atomic mass is 32.2. The van der Waals surface area contributed by atoms with Crippen molar-refractivity contribution in [3.8, 4) is 0 Å². The number of carbonyl (C=O) groups excluding carboxylic acids is 1. The number of nitrogens with zero attached hydrogens (tertiary/aromatic N) is 1. The Labute approximate surface area is 116 Å². The molecule has 1 aromatic carbocycles. The van der Waals surface area contributed by atoms with Gasteiger partial charge in [-0.05, 0) is 31.7 Å². The maximum atomic E-state index is 11.8. The molecule has 19 heavy (non-hydrogen) atoms. The molecule has 5 nitrogen and oxygen atoms in total. The maximum Gasteiger partial charge on any atom is 0.283 e. The van der Waals surface area contributed by atoms with Gasteiger partial charge in [-0.2, -0.15) is 0 Å². The fourth-order valence-corrected chi connectivity index (χ4v) is 2.06. The lowest BCUT2D eigenvalue weighted by atomic mass is 10.2. The van der Waals surface area contributed by atoms with Gasteiger partial charge in [0.15, 0.2) is 0 Å². The number of thioether (sulfide) groups is 1. The van der Waals surface area contributed by atoms with Crippen molar-refractivity contribution < 1.29 is 9.72 Å². The van der Waals surface area contributed by atoms with Crippen LogP contribution in [0.25, 0.3) is 0 Å². The molecule has 0 aliphatic heterocycles. The third-order valence-corrected chi connectivity index (χ3v) is 3.26. The van der Waals surface area contributed by atoms with Gasteiger partial charge < -0.3 is 5.32 Å². The van der Waals surface area contributed by atoms with Gasteiger partial charge in [-0.3, -0.25) is 14.9 Å². The second kappa shape index (κ2) is 7.58. The average Bonchev–Trinajstić information content (AvgIpc) is 2.42. The number of hydrogen-bond donors (Lipinski definition) is 1. The number of nitro benzene ring substituents is 1. The summed E-state index contributed by atoms with van der Waals surface area (Å²) in [4.78, 5) is 22.8. The van der Waals surface area contributed by atoms with E-state index in [0.29, 0.717) is 17.0 Å². The zero-order valence-electron chi connectivity index (χ0n) is 10.9. The van der Waals surface area contributed by atoms with E-state index >= 15 is 0 Å². The summed E-state index contributed by atoms with van der Waals surface area (Å²) in [6, 6.07) is 4.52. The van der Waals surface area contributed by atoms with Gasteiger partial charge >= 0.3 is 0 Å². The minimum atomic E-state index is -0.470. The van der Waals surface area contributed by atoms with Crippen molar-refractivity contribution in [1.29, 1.82) is 0 Å². The number of carbonyl (C=O) groups is 1. The number of rotatable bonds is 6. The molecule has 0 fully saturated rings. The minimum absolute atomic E-state index is 0.0337. The fraction of sp³-hybridized carbons (Fsp3) is 0.308. The smallest absolute Gasteiger partial charge is 0.283 e. The van der Waals surface area contributed by atoms with E-state index in [9.17, 15) is 14.9 Å². The Morgan fingerprint density at radius 2 is 2.26 bits per heavy atom. The predicted molar refractivity (Wildman–Crippen MR) is 76.6 cm³/mol. The van der Waals surface area contributed by atoms with Gasteiger partial charge in [-0.15, -0.1) is 11.8 Å². The standard InChI is InChI=1S/C13H16N2O3S/c1-3-4-5-8-14-13(16)10-6-7-12(19-2)11(9-10)15(17)18/h3-4,6-7,9H,5,8H2,1-2H3,(H,14,16)/b4-3+. The number of allylic oxidation sites excluding steroid dienone is 1. The fourth-order valence-electron chi connectivity index (χ4n) is 1.51. The Hall–Kier alpha value is -1.82. The molecule has 0 unspecified atom stereocenters. The molecule has 0 aliphatic rings. The van der Waals surface area contributed by atoms with Crippen LogP contribution in [0.3, 0.4) is 0 Å². The Balaban J connectivity index is 2.80. The first-order chi connectivity index (χ1) is 9.10. The van der Waals surface area contributed by atoms with Gasteiger partial charge in [0.05, 0.1) is 9.82 Å². The number of hydrogen-bond acceptors (Lipinski definition) is 4. The first-order valence-electron chi connectivity index (χ1n) is 5.82. The molecule has 6 heteroatoms. The van der Waals surface area contributed by atoms with Crippen molar-refractivity contribution in [2.24, 2.45) is 0 Å². The summed E-state index contributed by atoms with van der Waals surface area (Å²) in [6.07, 6.45) is 6.36. The van der Waals surface area contributed by atoms with Gasteiger partial charge in [0.1, 0.15) is 0 Å². The van der Waals surface area contributed by atoms with Crippen molar-refractivity contribution in [2.75, 3.05) is 12.8 Å². The van der Waals surface area contributed by atoms with Crippen molar-refractivity contribution in [3.05, 3.63) is 46.0 Å². The Kier molecular flexibility index (Phi) is 6.08. The zero-order chi connectivity index (χ0) is 14.3. The van der Waals surface area contributed by atoms with Crippen molar-refractivity contribution in [1.82, 2.24) is 5.32 Å². The Morgan fingerprint density at radius 1 is 1.53 bits per heavy atom. The summed E-state index contributed by atoms with van der Waals surface area (Å²) in [5.41, 5.74) is 0.276. The van der Waals surface area contributed by atoms with E-state index < -0.39 is 4.92 Å². The van der Waals surface area contributed by atoms with Crippen LogP contribution < -0.4 is 5.32 Å². The van der Waals surface area contributed by atoms with Crippen LogP contribution in [0.5, 0.6) is 0 Å². The molecule has 0 bridgehead atoms. The second-order valence-electron chi connectivity index (χ2n) is 3.76. The van der Waals surface area contributed by atoms with Crippen molar-refractivity contribution in [3.63, 3.8) is 0 Å². The quantitative estimate of drug-likeness (QED) is 0.286. The molecule has 1 N–H and O–H groups in total. The summed E-state index contributed by atoms with van der Waals surface area (Å²) >= 11 is 1.29. The largest absolute Gasteiger partial charge is 0.352 e. The number of amides is 1. The van der Waals surface area contributed by atoms with E-state index in [1.54, 1.807) is 18.4 Å². The number of nitro groups is 1. The molecule has 102 valence electrons. The highest BCUT2D eigenvalue weighted by Gasteiger charge is 2.16. The third kappa shape index (κ3) is 4.40. The zero-order valence-corrected chi connectivity index (χ0v) is 11.7. The highest BCUT2D eigenvalue weighted by molar-refractivity contribution is 7.98. The second-order valence-corrected chi connectivity index (χ2v) is 4.61. The monoisotopic (exact) mass is 280 g/mol. The van der Waals surface area contributed by atoms with Gasteiger partial charge in [0.2, 0.25) is 0 Å². The van der Waals surface area contributed by atoms with Gasteiger partial charge in [-0.25, -0.2) is 0 Å². The lowest BCUT2D eigenvalue weighted by Gasteiger charge is -2.05. The van der Waals surface area contributed by atoms with Crippen LogP contribution in [0.15, 0.2) is 35.2 Å². The normalized spacial score (nSPS) is 10.6. The molecular formula is C13H16N2O3S. The number of benzene rings is 1. The lowest BCUT2D eigenvalue weighted by Crippen LogP contribution is -2.24. The van der Waals surface area contributed by atoms with Crippen LogP contribution >= 0.6 is 11.8 Å². The first kappa shape index (κ1) is 15.2. The summed E-state index contributed by atoms with van der Waals surface area (Å²) in [5, 5.41) is 13.6. The van der Waals surface area contributed by atoms with Crippen LogP contribution in [0, 0.1) is 10.1 Å². The summed E-state index contributed by atoms with van der Waals surface area (Å²) in [7, 11) is 0. The van der Waals surface area contributed by atoms with Crippen molar-refractivity contribution >= 4 is 23.4 Å².